The van der Waals surface area contributed by atoms with Crippen LogP contribution in [-0.2, 0) is 28.2 Å². The van der Waals surface area contributed by atoms with Gasteiger partial charge >= 0.3 is 11.9 Å². The number of benzene rings is 2. The number of nitrogens with zero attached hydrogens (tertiary/aromatic N) is 3. The summed E-state index contributed by atoms with van der Waals surface area (Å²) in [5, 5.41) is 8.77. The minimum Gasteiger partial charge on any atom is -0.388 e. The Morgan fingerprint density at radius 3 is 2.32 bits per heavy atom. The van der Waals surface area contributed by atoms with E-state index in [1.54, 1.807) is 12.1 Å². The molecule has 1 aliphatic heterocycles. The maximum Gasteiger partial charge on any atom is 0.434 e. The summed E-state index contributed by atoms with van der Waals surface area (Å²) in [4.78, 5) is 15.2. The molecule has 0 radical (unpaired) electrons. The fourth-order valence-electron chi connectivity index (χ4n) is 4.05. The van der Waals surface area contributed by atoms with Gasteiger partial charge in [-0.15, -0.1) is 5.10 Å². The van der Waals surface area contributed by atoms with Gasteiger partial charge in [0.1, 0.15) is 11.5 Å². The molecule has 198 valence electrons. The van der Waals surface area contributed by atoms with Crippen LogP contribution in [0.15, 0.2) is 68.7 Å². The molecule has 3 heterocycles. The van der Waals surface area contributed by atoms with Gasteiger partial charge in [-0.2, -0.15) is 13.2 Å². The van der Waals surface area contributed by atoms with Crippen LogP contribution in [0.2, 0.25) is 0 Å². The lowest BCUT2D eigenvalue weighted by Crippen LogP contribution is -2.30. The molecule has 0 unspecified atom stereocenters. The number of halogens is 3. The summed E-state index contributed by atoms with van der Waals surface area (Å²) in [7, 11) is -4.21. The molecule has 0 atom stereocenters. The Kier molecular flexibility index (Phi) is 5.86. The Morgan fingerprint density at radius 1 is 1.00 bits per heavy atom. The molecule has 0 saturated heterocycles. The number of rotatable bonds is 3. The quantitative estimate of drug-likeness (QED) is 0.363. The van der Waals surface area contributed by atoms with E-state index in [9.17, 15) is 26.4 Å². The van der Waals surface area contributed by atoms with Gasteiger partial charge in [-0.25, -0.2) is 23.3 Å². The minimum atomic E-state index is -4.69. The van der Waals surface area contributed by atoms with Crippen molar-refractivity contribution in [3.63, 3.8) is 0 Å². The Balaban J connectivity index is 1.67. The van der Waals surface area contributed by atoms with Crippen LogP contribution in [0.25, 0.3) is 11.5 Å². The number of sulfonamides is 1. The molecule has 1 aliphatic rings. The summed E-state index contributed by atoms with van der Waals surface area (Å²) < 4.78 is 74.1. The van der Waals surface area contributed by atoms with E-state index in [-0.39, 0.29) is 51.1 Å². The maximum absolute atomic E-state index is 14.0. The fourth-order valence-corrected chi connectivity index (χ4v) is 5.50. The number of aromatic nitrogens is 3. The van der Waals surface area contributed by atoms with E-state index in [1.165, 1.54) is 36.4 Å². The normalized spacial score (nSPS) is 13.9. The molecule has 13 heteroatoms. The third-order valence-electron chi connectivity index (χ3n) is 6.10. The highest BCUT2D eigenvalue weighted by Crippen LogP contribution is 2.41. The molecule has 5 rings (SSSR count). The molecular formula is C25H22F3N5O4S. The van der Waals surface area contributed by atoms with E-state index in [2.05, 4.69) is 20.5 Å². The van der Waals surface area contributed by atoms with Crippen LogP contribution in [0.3, 0.4) is 0 Å². The van der Waals surface area contributed by atoms with Gasteiger partial charge in [0.15, 0.2) is 0 Å². The Hall–Kier alpha value is -4.13. The monoisotopic (exact) mass is 545 g/mol. The van der Waals surface area contributed by atoms with E-state index in [4.69, 9.17) is 4.42 Å². The number of H-pyrrole nitrogens is 1. The van der Waals surface area contributed by atoms with Crippen molar-refractivity contribution in [3.8, 4) is 11.5 Å². The summed E-state index contributed by atoms with van der Waals surface area (Å²) in [5.74, 6) is -1.00. The topological polar surface area (TPSA) is 121 Å². The zero-order valence-corrected chi connectivity index (χ0v) is 21.2. The third kappa shape index (κ3) is 4.64. The van der Waals surface area contributed by atoms with E-state index in [0.717, 1.165) is 15.9 Å². The number of pyridine rings is 1. The zero-order chi connectivity index (χ0) is 27.5. The lowest BCUT2D eigenvalue weighted by molar-refractivity contribution is -0.141. The predicted molar refractivity (Wildman–Crippen MR) is 134 cm³/mol. The molecule has 0 bridgehead atoms. The van der Waals surface area contributed by atoms with Gasteiger partial charge in [-0.05, 0) is 47.4 Å². The van der Waals surface area contributed by atoms with Gasteiger partial charge in [0.05, 0.1) is 22.8 Å². The van der Waals surface area contributed by atoms with Crippen molar-refractivity contribution in [2.75, 3.05) is 9.62 Å². The molecule has 0 aliphatic carbocycles. The highest BCUT2D eigenvalue weighted by molar-refractivity contribution is 7.92. The molecule has 9 nitrogen and oxygen atoms in total. The molecule has 0 fully saturated rings. The van der Waals surface area contributed by atoms with Crippen molar-refractivity contribution >= 4 is 27.2 Å². The Bertz CT molecular complexity index is 1690. The fraction of sp³-hybridized carbons (Fsp3) is 0.240. The van der Waals surface area contributed by atoms with Crippen molar-refractivity contribution in [1.29, 1.82) is 0 Å². The second-order valence-corrected chi connectivity index (χ2v) is 11.6. The van der Waals surface area contributed by atoms with Crippen LogP contribution in [0.4, 0.5) is 30.4 Å². The summed E-state index contributed by atoms with van der Waals surface area (Å²) >= 11 is 0. The molecule has 2 N–H and O–H groups in total. The number of anilines is 3. The summed E-state index contributed by atoms with van der Waals surface area (Å²) in [6.45, 7) is 5.70. The van der Waals surface area contributed by atoms with E-state index >= 15 is 0 Å². The first kappa shape index (κ1) is 25.5. The van der Waals surface area contributed by atoms with Gasteiger partial charge in [-0.1, -0.05) is 39.0 Å². The van der Waals surface area contributed by atoms with E-state index in [1.807, 2.05) is 20.8 Å². The molecular weight excluding hydrogens is 523 g/mol. The average Bonchev–Trinajstić information content (AvgIpc) is 3.20. The number of nitrogens with one attached hydrogen (secondary N) is 2. The first-order valence-electron chi connectivity index (χ1n) is 11.4. The van der Waals surface area contributed by atoms with E-state index in [0.29, 0.717) is 0 Å². The minimum absolute atomic E-state index is 0.00326. The Morgan fingerprint density at radius 2 is 1.71 bits per heavy atom. The molecule has 2 aromatic carbocycles. The van der Waals surface area contributed by atoms with Gasteiger partial charge in [0, 0.05) is 11.1 Å². The van der Waals surface area contributed by atoms with Crippen molar-refractivity contribution in [2.45, 2.75) is 43.8 Å². The highest BCUT2D eigenvalue weighted by atomic mass is 32.2. The lowest BCUT2D eigenvalue weighted by Gasteiger charge is -2.25. The third-order valence-corrected chi connectivity index (χ3v) is 7.87. The number of hydrogen-bond acceptors (Lipinski definition) is 7. The van der Waals surface area contributed by atoms with Gasteiger partial charge in [0.25, 0.3) is 10.0 Å². The second-order valence-electron chi connectivity index (χ2n) is 9.76. The number of aromatic amines is 1. The second kappa shape index (κ2) is 8.72. The maximum atomic E-state index is 14.0. The summed E-state index contributed by atoms with van der Waals surface area (Å²) in [6, 6.07) is 12.8. The number of alkyl halides is 3. The molecule has 4 aromatic rings. The first-order chi connectivity index (χ1) is 17.7. The zero-order valence-electron chi connectivity index (χ0n) is 20.4. The van der Waals surface area contributed by atoms with Crippen LogP contribution in [0.5, 0.6) is 0 Å². The lowest BCUT2D eigenvalue weighted by atomic mass is 9.87. The molecule has 0 saturated carbocycles. The van der Waals surface area contributed by atoms with Crippen LogP contribution >= 0.6 is 0 Å². The van der Waals surface area contributed by atoms with E-state index < -0.39 is 27.6 Å². The molecule has 38 heavy (non-hydrogen) atoms. The van der Waals surface area contributed by atoms with Crippen LogP contribution in [0.1, 0.15) is 37.6 Å². The molecule has 0 amide bonds. The SMILES string of the molecule is CC(C)(C)c1ccc(S(=O)(=O)N2Cc3ccc(C(F)(F)F)nc3Nc3ccc(-c4n[nH]c(=O)o4)cc32)cc1. The average molecular weight is 546 g/mol. The van der Waals surface area contributed by atoms with Crippen molar-refractivity contribution < 1.29 is 26.0 Å². The van der Waals surface area contributed by atoms with Gasteiger partial charge in [0.2, 0.25) is 5.89 Å². The predicted octanol–water partition coefficient (Wildman–Crippen LogP) is 5.19. The number of fused-ring (bicyclic) bond motifs is 2. The van der Waals surface area contributed by atoms with Crippen LogP contribution < -0.4 is 15.4 Å². The Labute approximate surface area is 215 Å². The summed E-state index contributed by atoms with van der Waals surface area (Å²) in [6.07, 6.45) is -4.69. The van der Waals surface area contributed by atoms with Crippen molar-refractivity contribution in [2.24, 2.45) is 0 Å². The standard InChI is InChI=1S/C25H22F3N5O4S/c1-24(2,3)16-6-8-17(9-7-16)38(35,36)33-13-15-5-11-20(25(26,27)28)30-21(15)29-18-10-4-14(12-19(18)33)22-31-32-23(34)37-22/h4-12H,13H2,1-3H3,(H,29,30)(H,32,34). The first-order valence-corrected chi connectivity index (χ1v) is 12.8. The van der Waals surface area contributed by atoms with Gasteiger partial charge < -0.3 is 9.73 Å². The molecule has 0 spiro atoms. The summed E-state index contributed by atoms with van der Waals surface area (Å²) in [5.41, 5.74) is 0.421. The number of hydrogen-bond donors (Lipinski definition) is 2. The molecule has 2 aromatic heterocycles. The highest BCUT2D eigenvalue weighted by Gasteiger charge is 2.36. The van der Waals surface area contributed by atoms with Crippen molar-refractivity contribution in [3.05, 3.63) is 82.0 Å². The largest absolute Gasteiger partial charge is 0.434 e. The van der Waals surface area contributed by atoms with Crippen LogP contribution in [-0.4, -0.2) is 23.6 Å². The van der Waals surface area contributed by atoms with Crippen molar-refractivity contribution in [1.82, 2.24) is 15.2 Å². The van der Waals surface area contributed by atoms with Crippen LogP contribution in [0, 0.1) is 0 Å². The smallest absolute Gasteiger partial charge is 0.388 e. The van der Waals surface area contributed by atoms with Gasteiger partial charge in [-0.3, -0.25) is 4.31 Å².